The molecule has 2 amide bonds. The molecule has 0 aromatic heterocycles. The number of hydrogen-bond acceptors (Lipinski definition) is 4. The standard InChI is InChI=1S/C11H19N3O4/c12-6-11(3-1-2-4-11)10(18)14-7(9(16)17)5-8(13)15/h7H,1-6,12H2,(H2,13,15)(H,14,18)(H,16,17). The van der Waals surface area contributed by atoms with E-state index in [0.29, 0.717) is 12.8 Å². The van der Waals surface area contributed by atoms with Crippen molar-refractivity contribution < 1.29 is 19.5 Å². The number of carbonyl (C=O) groups excluding carboxylic acids is 2. The van der Waals surface area contributed by atoms with E-state index < -0.39 is 35.7 Å². The zero-order valence-corrected chi connectivity index (χ0v) is 10.1. The second kappa shape index (κ2) is 5.81. The average molecular weight is 257 g/mol. The third kappa shape index (κ3) is 3.19. The summed E-state index contributed by atoms with van der Waals surface area (Å²) in [5.74, 6) is -2.43. The molecule has 6 N–H and O–H groups in total. The molecule has 1 fully saturated rings. The second-order valence-corrected chi connectivity index (χ2v) is 4.73. The van der Waals surface area contributed by atoms with Crippen LogP contribution in [-0.4, -0.2) is 35.5 Å². The summed E-state index contributed by atoms with van der Waals surface area (Å²) in [6.45, 7) is 0.182. The van der Waals surface area contributed by atoms with Crippen LogP contribution in [0.1, 0.15) is 32.1 Å². The number of amides is 2. The maximum Gasteiger partial charge on any atom is 0.326 e. The summed E-state index contributed by atoms with van der Waals surface area (Å²) < 4.78 is 0. The average Bonchev–Trinajstić information content (AvgIpc) is 2.77. The van der Waals surface area contributed by atoms with Gasteiger partial charge in [0.05, 0.1) is 11.8 Å². The van der Waals surface area contributed by atoms with E-state index in [9.17, 15) is 14.4 Å². The van der Waals surface area contributed by atoms with E-state index in [1.165, 1.54) is 0 Å². The lowest BCUT2D eigenvalue weighted by Gasteiger charge is -2.27. The van der Waals surface area contributed by atoms with Crippen molar-refractivity contribution in [3.8, 4) is 0 Å². The Morgan fingerprint density at radius 1 is 1.28 bits per heavy atom. The SMILES string of the molecule is NCC1(C(=O)NC(CC(N)=O)C(=O)O)CCCC1. The fourth-order valence-electron chi connectivity index (χ4n) is 2.29. The van der Waals surface area contributed by atoms with Crippen LogP contribution in [0.5, 0.6) is 0 Å². The van der Waals surface area contributed by atoms with Gasteiger partial charge in [0, 0.05) is 6.54 Å². The van der Waals surface area contributed by atoms with Gasteiger partial charge in [0.2, 0.25) is 11.8 Å². The molecule has 1 unspecified atom stereocenters. The zero-order valence-electron chi connectivity index (χ0n) is 10.1. The first-order chi connectivity index (χ1) is 8.41. The Morgan fingerprint density at radius 3 is 2.22 bits per heavy atom. The third-order valence-corrected chi connectivity index (χ3v) is 3.44. The van der Waals surface area contributed by atoms with Crippen molar-refractivity contribution in [2.45, 2.75) is 38.1 Å². The van der Waals surface area contributed by atoms with Crippen LogP contribution in [0.2, 0.25) is 0 Å². The molecule has 18 heavy (non-hydrogen) atoms. The Kier molecular flexibility index (Phi) is 4.66. The van der Waals surface area contributed by atoms with Crippen LogP contribution < -0.4 is 16.8 Å². The number of aliphatic carboxylic acids is 1. The van der Waals surface area contributed by atoms with Crippen LogP contribution in [0.3, 0.4) is 0 Å². The number of carboxylic acid groups (broad SMARTS) is 1. The van der Waals surface area contributed by atoms with Gasteiger partial charge >= 0.3 is 5.97 Å². The Labute approximate surface area is 105 Å². The van der Waals surface area contributed by atoms with Gasteiger partial charge in [-0.25, -0.2) is 4.79 Å². The van der Waals surface area contributed by atoms with Crippen LogP contribution in [0, 0.1) is 5.41 Å². The van der Waals surface area contributed by atoms with E-state index in [1.54, 1.807) is 0 Å². The molecule has 102 valence electrons. The van der Waals surface area contributed by atoms with Gasteiger partial charge in [-0.05, 0) is 12.8 Å². The highest BCUT2D eigenvalue weighted by Gasteiger charge is 2.41. The van der Waals surface area contributed by atoms with Gasteiger partial charge in [0.1, 0.15) is 6.04 Å². The molecule has 1 atom stereocenters. The summed E-state index contributed by atoms with van der Waals surface area (Å²) in [7, 11) is 0. The number of rotatable bonds is 6. The Hall–Kier alpha value is -1.63. The Morgan fingerprint density at radius 2 is 1.83 bits per heavy atom. The highest BCUT2D eigenvalue weighted by Crippen LogP contribution is 2.37. The van der Waals surface area contributed by atoms with Crippen molar-refractivity contribution in [2.75, 3.05) is 6.54 Å². The minimum Gasteiger partial charge on any atom is -0.480 e. The molecule has 0 radical (unpaired) electrons. The van der Waals surface area contributed by atoms with E-state index in [1.807, 2.05) is 0 Å². The first kappa shape index (κ1) is 14.4. The van der Waals surface area contributed by atoms with Crippen molar-refractivity contribution in [2.24, 2.45) is 16.9 Å². The lowest BCUT2D eigenvalue weighted by Crippen LogP contribution is -2.51. The lowest BCUT2D eigenvalue weighted by atomic mass is 9.85. The number of carbonyl (C=O) groups is 3. The number of nitrogens with two attached hydrogens (primary N) is 2. The minimum atomic E-state index is -1.28. The van der Waals surface area contributed by atoms with E-state index in [2.05, 4.69) is 5.32 Å². The molecule has 0 aliphatic heterocycles. The quantitative estimate of drug-likeness (QED) is 0.481. The number of nitrogens with one attached hydrogen (secondary N) is 1. The molecule has 1 aliphatic rings. The van der Waals surface area contributed by atoms with Gasteiger partial charge in [0.25, 0.3) is 0 Å². The number of primary amides is 1. The molecule has 0 aromatic carbocycles. The number of hydrogen-bond donors (Lipinski definition) is 4. The highest BCUT2D eigenvalue weighted by atomic mass is 16.4. The van der Waals surface area contributed by atoms with Crippen molar-refractivity contribution in [3.63, 3.8) is 0 Å². The van der Waals surface area contributed by atoms with E-state index >= 15 is 0 Å². The van der Waals surface area contributed by atoms with E-state index in [-0.39, 0.29) is 6.54 Å². The topological polar surface area (TPSA) is 136 Å². The number of carboxylic acids is 1. The highest BCUT2D eigenvalue weighted by molar-refractivity contribution is 5.90. The van der Waals surface area contributed by atoms with Crippen molar-refractivity contribution in [3.05, 3.63) is 0 Å². The first-order valence-electron chi connectivity index (χ1n) is 5.93. The van der Waals surface area contributed by atoms with Crippen molar-refractivity contribution >= 4 is 17.8 Å². The fraction of sp³-hybridized carbons (Fsp3) is 0.727. The molecule has 0 heterocycles. The van der Waals surface area contributed by atoms with Crippen LogP contribution in [0.15, 0.2) is 0 Å². The predicted octanol–water partition coefficient (Wildman–Crippen LogP) is -1.05. The fourth-order valence-corrected chi connectivity index (χ4v) is 2.29. The molecule has 0 saturated heterocycles. The lowest BCUT2D eigenvalue weighted by molar-refractivity contribution is -0.145. The van der Waals surface area contributed by atoms with Crippen molar-refractivity contribution in [1.29, 1.82) is 0 Å². The van der Waals surface area contributed by atoms with Gasteiger partial charge in [-0.3, -0.25) is 9.59 Å². The largest absolute Gasteiger partial charge is 0.480 e. The summed E-state index contributed by atoms with van der Waals surface area (Å²) in [5, 5.41) is 11.3. The monoisotopic (exact) mass is 257 g/mol. The van der Waals surface area contributed by atoms with Gasteiger partial charge in [-0.15, -0.1) is 0 Å². The Bertz CT molecular complexity index is 350. The molecule has 0 bridgehead atoms. The van der Waals surface area contributed by atoms with Gasteiger partial charge in [-0.1, -0.05) is 12.8 Å². The summed E-state index contributed by atoms with van der Waals surface area (Å²) in [6, 6.07) is -1.28. The van der Waals surface area contributed by atoms with Crippen LogP contribution in [-0.2, 0) is 14.4 Å². The molecule has 7 heteroatoms. The predicted molar refractivity (Wildman–Crippen MR) is 63.3 cm³/mol. The molecule has 0 aromatic rings. The van der Waals surface area contributed by atoms with Crippen LogP contribution >= 0.6 is 0 Å². The minimum absolute atomic E-state index is 0.182. The smallest absolute Gasteiger partial charge is 0.326 e. The van der Waals surface area contributed by atoms with E-state index in [0.717, 1.165) is 12.8 Å². The second-order valence-electron chi connectivity index (χ2n) is 4.73. The molecular formula is C11H19N3O4. The normalized spacial score (nSPS) is 19.2. The first-order valence-corrected chi connectivity index (χ1v) is 5.93. The summed E-state index contributed by atoms with van der Waals surface area (Å²) in [6.07, 6.45) is 2.69. The zero-order chi connectivity index (χ0) is 13.8. The molecule has 1 saturated carbocycles. The van der Waals surface area contributed by atoms with Gasteiger partial charge in [0.15, 0.2) is 0 Å². The van der Waals surface area contributed by atoms with Crippen LogP contribution in [0.25, 0.3) is 0 Å². The summed E-state index contributed by atoms with van der Waals surface area (Å²) in [4.78, 5) is 33.8. The Balaban J connectivity index is 2.71. The van der Waals surface area contributed by atoms with Gasteiger partial charge < -0.3 is 21.9 Å². The molecule has 7 nitrogen and oxygen atoms in total. The molecule has 1 aliphatic carbocycles. The summed E-state index contributed by atoms with van der Waals surface area (Å²) >= 11 is 0. The molecule has 1 rings (SSSR count). The molecule has 0 spiro atoms. The third-order valence-electron chi connectivity index (χ3n) is 3.44. The summed E-state index contributed by atoms with van der Waals surface area (Å²) in [5.41, 5.74) is 9.88. The van der Waals surface area contributed by atoms with Crippen LogP contribution in [0.4, 0.5) is 0 Å². The maximum atomic E-state index is 12.1. The van der Waals surface area contributed by atoms with E-state index in [4.69, 9.17) is 16.6 Å². The van der Waals surface area contributed by atoms with Gasteiger partial charge in [-0.2, -0.15) is 0 Å². The maximum absolute atomic E-state index is 12.1. The molecular weight excluding hydrogens is 238 g/mol. The van der Waals surface area contributed by atoms with Crippen molar-refractivity contribution in [1.82, 2.24) is 5.32 Å².